The fourth-order valence-electron chi connectivity index (χ4n) is 3.01. The molecule has 1 aromatic heterocycles. The number of primary amides is 1. The molecule has 0 saturated carbocycles. The normalized spacial score (nSPS) is 10.9. The molecule has 3 aromatic rings. The number of carbonyl (C=O) groups is 1. The Morgan fingerprint density at radius 3 is 2.71 bits per heavy atom. The van der Waals surface area contributed by atoms with E-state index < -0.39 is 5.91 Å². The van der Waals surface area contributed by atoms with Crippen molar-refractivity contribution in [1.82, 2.24) is 10.3 Å². The Morgan fingerprint density at radius 2 is 2.06 bits per heavy atom. The molecule has 0 aliphatic rings. The number of aromatic nitrogens is 1. The van der Waals surface area contributed by atoms with Gasteiger partial charge in [-0.3, -0.25) is 14.8 Å². The van der Waals surface area contributed by atoms with E-state index in [4.69, 9.17) is 39.0 Å². The molecular formula is C24H22ClN5O3S. The monoisotopic (exact) mass is 495 g/mol. The zero-order chi connectivity index (χ0) is 24.7. The smallest absolute Gasteiger partial charge is 0.252 e. The summed E-state index contributed by atoms with van der Waals surface area (Å²) < 4.78 is 11.3. The van der Waals surface area contributed by atoms with Crippen molar-refractivity contribution in [2.24, 2.45) is 10.7 Å². The largest absolute Gasteiger partial charge is 0.496 e. The fourth-order valence-corrected chi connectivity index (χ4v) is 3.41. The Kier molecular flexibility index (Phi) is 8.18. The van der Waals surface area contributed by atoms with E-state index in [1.807, 2.05) is 0 Å². The maximum absolute atomic E-state index is 11.8. The number of anilines is 1. The number of methoxy groups -OCH3 is 1. The molecule has 1 heterocycles. The first kappa shape index (κ1) is 24.7. The Hall–Kier alpha value is -3.95. The first-order valence-electron chi connectivity index (χ1n) is 9.95. The lowest BCUT2D eigenvalue weighted by molar-refractivity contribution is 0.0997. The Balaban J connectivity index is 1.79. The SMILES string of the molecule is C=CN=C(C=C)CNC(=S)Nc1ccc(Oc2ccnc3cc(OC)c(C(N)=O)cc23)cc1Cl. The molecule has 0 spiro atoms. The van der Waals surface area contributed by atoms with Crippen LogP contribution in [0.25, 0.3) is 10.9 Å². The van der Waals surface area contributed by atoms with E-state index >= 15 is 0 Å². The van der Waals surface area contributed by atoms with Gasteiger partial charge in [0.15, 0.2) is 5.11 Å². The van der Waals surface area contributed by atoms with E-state index in [1.54, 1.807) is 48.7 Å². The Labute approximate surface area is 207 Å². The van der Waals surface area contributed by atoms with Gasteiger partial charge in [-0.05, 0) is 42.6 Å². The number of thiocarbonyl (C=S) groups is 1. The van der Waals surface area contributed by atoms with Gasteiger partial charge in [-0.15, -0.1) is 0 Å². The molecule has 0 fully saturated rings. The van der Waals surface area contributed by atoms with E-state index in [0.717, 1.165) is 0 Å². The number of hydrogen-bond acceptors (Lipinski definition) is 6. The molecule has 0 aliphatic carbocycles. The predicted octanol–water partition coefficient (Wildman–Crippen LogP) is 4.84. The molecule has 174 valence electrons. The van der Waals surface area contributed by atoms with Crippen LogP contribution < -0.4 is 25.8 Å². The average molecular weight is 496 g/mol. The van der Waals surface area contributed by atoms with Gasteiger partial charge in [0.1, 0.15) is 17.2 Å². The summed E-state index contributed by atoms with van der Waals surface area (Å²) in [5.74, 6) is 0.671. The zero-order valence-electron chi connectivity index (χ0n) is 18.3. The Bertz CT molecular complexity index is 1310. The van der Waals surface area contributed by atoms with Gasteiger partial charge in [0.05, 0.1) is 41.2 Å². The maximum atomic E-state index is 11.8. The van der Waals surface area contributed by atoms with Crippen molar-refractivity contribution < 1.29 is 14.3 Å². The summed E-state index contributed by atoms with van der Waals surface area (Å²) in [5, 5.41) is 7.40. The second-order valence-electron chi connectivity index (χ2n) is 6.80. The first-order chi connectivity index (χ1) is 16.4. The lowest BCUT2D eigenvalue weighted by atomic mass is 10.1. The molecule has 0 unspecified atom stereocenters. The number of benzene rings is 2. The lowest BCUT2D eigenvalue weighted by Gasteiger charge is -2.14. The second-order valence-corrected chi connectivity index (χ2v) is 7.62. The van der Waals surface area contributed by atoms with Crippen LogP contribution in [0.1, 0.15) is 10.4 Å². The van der Waals surface area contributed by atoms with Crippen LogP contribution in [0.5, 0.6) is 17.2 Å². The number of nitrogens with two attached hydrogens (primary N) is 1. The topological polar surface area (TPSA) is 111 Å². The quantitative estimate of drug-likeness (QED) is 0.287. The van der Waals surface area contributed by atoms with E-state index in [2.05, 4.69) is 33.8 Å². The molecular weight excluding hydrogens is 474 g/mol. The number of amides is 1. The number of halogens is 1. The standard InChI is InChI=1S/C24H22ClN5O3S/c1-4-14(27-5-2)13-29-24(34)30-19-7-6-15(10-18(19)25)33-21-8-9-28-20-12-22(32-3)17(23(26)31)11-16(20)21/h4-12H,1-2,13H2,3H3,(H2,26,31)(H2,29,30,34). The van der Waals surface area contributed by atoms with Crippen molar-refractivity contribution >= 4 is 57.1 Å². The van der Waals surface area contributed by atoms with Crippen LogP contribution in [-0.2, 0) is 0 Å². The van der Waals surface area contributed by atoms with E-state index in [1.165, 1.54) is 13.3 Å². The van der Waals surface area contributed by atoms with Gasteiger partial charge < -0.3 is 25.8 Å². The number of carbonyl (C=O) groups excluding carboxylic acids is 1. The molecule has 34 heavy (non-hydrogen) atoms. The lowest BCUT2D eigenvalue weighted by Crippen LogP contribution is -2.32. The van der Waals surface area contributed by atoms with Crippen molar-refractivity contribution in [1.29, 1.82) is 0 Å². The molecule has 8 nitrogen and oxygen atoms in total. The Morgan fingerprint density at radius 1 is 1.26 bits per heavy atom. The average Bonchev–Trinajstić information content (AvgIpc) is 2.82. The summed E-state index contributed by atoms with van der Waals surface area (Å²) in [6, 6.07) is 10.0. The summed E-state index contributed by atoms with van der Waals surface area (Å²) >= 11 is 11.7. The minimum atomic E-state index is -0.618. The molecule has 4 N–H and O–H groups in total. The van der Waals surface area contributed by atoms with Gasteiger partial charge in [-0.2, -0.15) is 0 Å². The van der Waals surface area contributed by atoms with Crippen LogP contribution in [0, 0.1) is 0 Å². The number of nitrogens with one attached hydrogen (secondary N) is 2. The predicted molar refractivity (Wildman–Crippen MR) is 140 cm³/mol. The summed E-state index contributed by atoms with van der Waals surface area (Å²) in [7, 11) is 1.46. The van der Waals surface area contributed by atoms with Crippen LogP contribution in [0.15, 0.2) is 73.0 Å². The molecule has 3 rings (SSSR count). The van der Waals surface area contributed by atoms with Crippen LogP contribution in [0.4, 0.5) is 5.69 Å². The molecule has 0 aliphatic heterocycles. The van der Waals surface area contributed by atoms with Crippen molar-refractivity contribution in [3.8, 4) is 17.2 Å². The first-order valence-corrected chi connectivity index (χ1v) is 10.7. The van der Waals surface area contributed by atoms with E-state index in [0.29, 0.717) is 56.2 Å². The van der Waals surface area contributed by atoms with Gasteiger partial charge in [0, 0.05) is 29.9 Å². The number of aliphatic imine (C=N–C) groups is 1. The van der Waals surface area contributed by atoms with E-state index in [-0.39, 0.29) is 5.56 Å². The molecule has 1 amide bonds. The fraction of sp³-hybridized carbons (Fsp3) is 0.0833. The van der Waals surface area contributed by atoms with Crippen LogP contribution in [-0.4, -0.2) is 35.4 Å². The van der Waals surface area contributed by atoms with Gasteiger partial charge in [-0.1, -0.05) is 24.8 Å². The third kappa shape index (κ3) is 5.89. The van der Waals surface area contributed by atoms with Crippen molar-refractivity contribution in [3.05, 3.63) is 78.6 Å². The highest BCUT2D eigenvalue weighted by molar-refractivity contribution is 7.80. The summed E-state index contributed by atoms with van der Waals surface area (Å²) in [5.41, 5.74) is 7.57. The molecule has 10 heteroatoms. The minimum absolute atomic E-state index is 0.226. The molecule has 0 radical (unpaired) electrons. The number of rotatable bonds is 9. The minimum Gasteiger partial charge on any atom is -0.496 e. The van der Waals surface area contributed by atoms with Gasteiger partial charge >= 0.3 is 0 Å². The van der Waals surface area contributed by atoms with Crippen molar-refractivity contribution in [2.45, 2.75) is 0 Å². The van der Waals surface area contributed by atoms with Crippen LogP contribution in [0.2, 0.25) is 5.02 Å². The molecule has 2 aromatic carbocycles. The van der Waals surface area contributed by atoms with E-state index in [9.17, 15) is 4.79 Å². The van der Waals surface area contributed by atoms with Crippen LogP contribution >= 0.6 is 23.8 Å². The summed E-state index contributed by atoms with van der Waals surface area (Å²) in [6.45, 7) is 7.63. The van der Waals surface area contributed by atoms with Gasteiger partial charge in [0.2, 0.25) is 0 Å². The summed E-state index contributed by atoms with van der Waals surface area (Å²) in [6.07, 6.45) is 4.64. The molecule has 0 bridgehead atoms. The highest BCUT2D eigenvalue weighted by Crippen LogP contribution is 2.35. The van der Waals surface area contributed by atoms with Crippen molar-refractivity contribution in [3.63, 3.8) is 0 Å². The molecule has 0 saturated heterocycles. The summed E-state index contributed by atoms with van der Waals surface area (Å²) in [4.78, 5) is 20.2. The second kappa shape index (κ2) is 11.3. The highest BCUT2D eigenvalue weighted by Gasteiger charge is 2.15. The number of pyridine rings is 1. The van der Waals surface area contributed by atoms with Gasteiger partial charge in [-0.25, -0.2) is 0 Å². The third-order valence-electron chi connectivity index (χ3n) is 4.63. The number of hydrogen-bond donors (Lipinski definition) is 3. The maximum Gasteiger partial charge on any atom is 0.252 e. The zero-order valence-corrected chi connectivity index (χ0v) is 19.9. The third-order valence-corrected chi connectivity index (χ3v) is 5.19. The number of fused-ring (bicyclic) bond motifs is 1. The van der Waals surface area contributed by atoms with Gasteiger partial charge in [0.25, 0.3) is 5.91 Å². The van der Waals surface area contributed by atoms with Crippen LogP contribution in [0.3, 0.4) is 0 Å². The molecule has 0 atom stereocenters. The number of nitrogens with zero attached hydrogens (tertiary/aromatic N) is 2. The highest BCUT2D eigenvalue weighted by atomic mass is 35.5. The number of ether oxygens (including phenoxy) is 2. The van der Waals surface area contributed by atoms with Crippen molar-refractivity contribution in [2.75, 3.05) is 19.0 Å².